The molecule has 16 heavy (non-hydrogen) atoms. The van der Waals surface area contributed by atoms with E-state index in [2.05, 4.69) is 17.1 Å². The molecule has 0 N–H and O–H groups in total. The molecule has 0 aromatic heterocycles. The van der Waals surface area contributed by atoms with Crippen LogP contribution in [-0.4, -0.2) is 30.3 Å². The molecule has 3 fully saturated rings. The van der Waals surface area contributed by atoms with Gasteiger partial charge in [-0.05, 0) is 45.3 Å². The third-order valence-corrected chi connectivity index (χ3v) is 4.56. The quantitative estimate of drug-likeness (QED) is 0.706. The molecule has 1 aliphatic carbocycles. The fourth-order valence-electron chi connectivity index (χ4n) is 3.36. The summed E-state index contributed by atoms with van der Waals surface area (Å²) in [5.74, 6) is 0.683. The Hall–Kier alpha value is -0.890. The Balaban J connectivity index is 1.78. The lowest BCUT2D eigenvalue weighted by Crippen LogP contribution is -2.53. The van der Waals surface area contributed by atoms with Crippen molar-refractivity contribution >= 4 is 5.78 Å². The van der Waals surface area contributed by atoms with Gasteiger partial charge in [0, 0.05) is 11.3 Å². The predicted molar refractivity (Wildman–Crippen MR) is 64.1 cm³/mol. The third-order valence-electron chi connectivity index (χ3n) is 4.56. The summed E-state index contributed by atoms with van der Waals surface area (Å²) >= 11 is 0. The molecule has 4 aliphatic rings. The third kappa shape index (κ3) is 1.56. The molecule has 2 heteroatoms. The van der Waals surface area contributed by atoms with Gasteiger partial charge in [-0.25, -0.2) is 0 Å². The van der Waals surface area contributed by atoms with E-state index in [0.29, 0.717) is 5.78 Å². The number of fused-ring (bicyclic) bond motifs is 3. The van der Waals surface area contributed by atoms with Crippen LogP contribution in [0.3, 0.4) is 0 Å². The van der Waals surface area contributed by atoms with Crippen molar-refractivity contribution in [1.29, 1.82) is 0 Å². The van der Waals surface area contributed by atoms with Crippen LogP contribution in [0.5, 0.6) is 0 Å². The van der Waals surface area contributed by atoms with E-state index in [1.165, 1.54) is 0 Å². The minimum Gasteiger partial charge on any atom is -0.303 e. The van der Waals surface area contributed by atoms with Crippen LogP contribution in [0.15, 0.2) is 24.3 Å². The van der Waals surface area contributed by atoms with Gasteiger partial charge in [0.1, 0.15) is 5.78 Å². The van der Waals surface area contributed by atoms with Crippen LogP contribution < -0.4 is 0 Å². The van der Waals surface area contributed by atoms with Gasteiger partial charge in [-0.3, -0.25) is 4.79 Å². The molecule has 1 atom stereocenters. The van der Waals surface area contributed by atoms with Crippen LogP contribution in [0.1, 0.15) is 25.7 Å². The molecular formula is C14H19NO. The number of rotatable bonds is 2. The zero-order chi connectivity index (χ0) is 11.0. The van der Waals surface area contributed by atoms with E-state index in [1.807, 2.05) is 12.2 Å². The molecule has 2 bridgehead atoms. The van der Waals surface area contributed by atoms with Gasteiger partial charge >= 0.3 is 0 Å². The maximum atomic E-state index is 12.6. The lowest BCUT2D eigenvalue weighted by molar-refractivity contribution is -0.138. The van der Waals surface area contributed by atoms with E-state index >= 15 is 0 Å². The number of carbonyl (C=O) groups is 1. The molecule has 0 radical (unpaired) electrons. The van der Waals surface area contributed by atoms with E-state index in [1.54, 1.807) is 0 Å². The van der Waals surface area contributed by atoms with E-state index in [9.17, 15) is 4.79 Å². The molecular weight excluding hydrogens is 198 g/mol. The summed E-state index contributed by atoms with van der Waals surface area (Å²) in [7, 11) is 0. The Labute approximate surface area is 97.0 Å². The van der Waals surface area contributed by atoms with Crippen LogP contribution in [0.2, 0.25) is 0 Å². The number of allylic oxidation sites excluding steroid dienone is 4. The topological polar surface area (TPSA) is 20.3 Å². The molecule has 0 aromatic rings. The second-order valence-corrected chi connectivity index (χ2v) is 5.39. The first-order valence-corrected chi connectivity index (χ1v) is 6.40. The largest absolute Gasteiger partial charge is 0.303 e. The molecule has 3 aliphatic heterocycles. The Bertz CT molecular complexity index is 334. The lowest BCUT2D eigenvalue weighted by atomic mass is 9.65. The van der Waals surface area contributed by atoms with E-state index in [4.69, 9.17) is 0 Å². The molecule has 0 aromatic carbocycles. The SMILES string of the molecule is O=C(C1C=CC=CC1)C12CCN(CC1)CC2. The van der Waals surface area contributed by atoms with Crippen molar-refractivity contribution in [2.75, 3.05) is 19.6 Å². The van der Waals surface area contributed by atoms with Gasteiger partial charge in [-0.15, -0.1) is 0 Å². The number of carbonyl (C=O) groups excluding carboxylic acids is 1. The van der Waals surface area contributed by atoms with Crippen LogP contribution in [-0.2, 0) is 4.79 Å². The van der Waals surface area contributed by atoms with E-state index < -0.39 is 0 Å². The van der Waals surface area contributed by atoms with Crippen molar-refractivity contribution in [1.82, 2.24) is 4.90 Å². The smallest absolute Gasteiger partial charge is 0.146 e. The molecule has 4 rings (SSSR count). The van der Waals surface area contributed by atoms with Gasteiger partial charge in [-0.2, -0.15) is 0 Å². The highest BCUT2D eigenvalue weighted by Gasteiger charge is 2.46. The highest BCUT2D eigenvalue weighted by atomic mass is 16.1. The van der Waals surface area contributed by atoms with Gasteiger partial charge in [0.05, 0.1) is 0 Å². The normalized spacial score (nSPS) is 41.2. The number of piperidine rings is 3. The Kier molecular flexibility index (Phi) is 2.47. The van der Waals surface area contributed by atoms with Crippen LogP contribution in [0.4, 0.5) is 0 Å². The average molecular weight is 217 g/mol. The van der Waals surface area contributed by atoms with Crippen molar-refractivity contribution in [3.8, 4) is 0 Å². The molecule has 0 saturated carbocycles. The fourth-order valence-corrected chi connectivity index (χ4v) is 3.36. The van der Waals surface area contributed by atoms with Gasteiger partial charge in [0.15, 0.2) is 0 Å². The van der Waals surface area contributed by atoms with Gasteiger partial charge in [0.2, 0.25) is 0 Å². The first kappa shape index (κ1) is 10.3. The van der Waals surface area contributed by atoms with Crippen molar-refractivity contribution in [3.63, 3.8) is 0 Å². The number of hydrogen-bond acceptors (Lipinski definition) is 2. The van der Waals surface area contributed by atoms with Gasteiger partial charge in [0.25, 0.3) is 0 Å². The van der Waals surface area contributed by atoms with Crippen molar-refractivity contribution in [3.05, 3.63) is 24.3 Å². The molecule has 3 heterocycles. The van der Waals surface area contributed by atoms with Crippen molar-refractivity contribution < 1.29 is 4.79 Å². The van der Waals surface area contributed by atoms with Crippen LogP contribution in [0, 0.1) is 11.3 Å². The zero-order valence-electron chi connectivity index (χ0n) is 9.69. The number of nitrogens with zero attached hydrogens (tertiary/aromatic N) is 1. The summed E-state index contributed by atoms with van der Waals surface area (Å²) in [6.07, 6.45) is 12.5. The monoisotopic (exact) mass is 217 g/mol. The Morgan fingerprint density at radius 1 is 1.12 bits per heavy atom. The minimum atomic E-state index is 0.0366. The summed E-state index contributed by atoms with van der Waals surface area (Å²) in [4.78, 5) is 15.1. The molecule has 1 unspecified atom stereocenters. The van der Waals surface area contributed by atoms with Crippen molar-refractivity contribution in [2.45, 2.75) is 25.7 Å². The number of ketones is 1. The molecule has 0 spiro atoms. The van der Waals surface area contributed by atoms with E-state index in [-0.39, 0.29) is 11.3 Å². The maximum Gasteiger partial charge on any atom is 0.146 e. The number of Topliss-reactive ketones (excluding diaryl/α,β-unsaturated/α-hetero) is 1. The molecule has 3 saturated heterocycles. The highest BCUT2D eigenvalue weighted by molar-refractivity contribution is 5.89. The first-order chi connectivity index (χ1) is 7.80. The van der Waals surface area contributed by atoms with Gasteiger partial charge in [-0.1, -0.05) is 24.3 Å². The summed E-state index contributed by atoms with van der Waals surface area (Å²) in [6.45, 7) is 3.41. The second-order valence-electron chi connectivity index (χ2n) is 5.39. The maximum absolute atomic E-state index is 12.6. The summed E-state index contributed by atoms with van der Waals surface area (Å²) in [6, 6.07) is 0. The molecule has 86 valence electrons. The van der Waals surface area contributed by atoms with Crippen molar-refractivity contribution in [2.24, 2.45) is 11.3 Å². The van der Waals surface area contributed by atoms with E-state index in [0.717, 1.165) is 45.3 Å². The fraction of sp³-hybridized carbons (Fsp3) is 0.643. The van der Waals surface area contributed by atoms with Gasteiger partial charge < -0.3 is 4.90 Å². The summed E-state index contributed by atoms with van der Waals surface area (Å²) in [5, 5.41) is 0. The van der Waals surface area contributed by atoms with Crippen LogP contribution in [0.25, 0.3) is 0 Å². The molecule has 0 amide bonds. The summed E-state index contributed by atoms with van der Waals surface area (Å²) < 4.78 is 0. The standard InChI is InChI=1S/C14H19NO/c16-13(12-4-2-1-3-5-12)14-6-9-15(10-7-14)11-8-14/h1-4,12H,5-11H2. The second kappa shape index (κ2) is 3.85. The Morgan fingerprint density at radius 2 is 1.81 bits per heavy atom. The average Bonchev–Trinajstić information content (AvgIpc) is 2.41. The summed E-state index contributed by atoms with van der Waals surface area (Å²) in [5.41, 5.74) is 0.0366. The van der Waals surface area contributed by atoms with Crippen LogP contribution >= 0.6 is 0 Å². The molecule has 2 nitrogen and oxygen atoms in total. The zero-order valence-corrected chi connectivity index (χ0v) is 9.69. The highest BCUT2D eigenvalue weighted by Crippen LogP contribution is 2.43. The minimum absolute atomic E-state index is 0.0366. The lowest BCUT2D eigenvalue weighted by Gasteiger charge is -2.48. The number of hydrogen-bond donors (Lipinski definition) is 0. The Morgan fingerprint density at radius 3 is 2.38 bits per heavy atom. The first-order valence-electron chi connectivity index (χ1n) is 6.40. The predicted octanol–water partition coefficient (Wildman–Crippen LogP) is 2.17.